The number of hydrogen-bond donors (Lipinski definition) is 0. The number of aromatic nitrogens is 1. The van der Waals surface area contributed by atoms with Gasteiger partial charge in [0.05, 0.1) is 33.4 Å². The Hall–Kier alpha value is -3.00. The minimum Gasteiger partial charge on any atom is -0.337 e. The van der Waals surface area contributed by atoms with Gasteiger partial charge in [-0.05, 0) is 67.7 Å². The number of allylic oxidation sites excluding steroid dienone is 2. The number of nitrogens with zero attached hydrogens (tertiary/aromatic N) is 2. The molecule has 1 heterocycles. The highest BCUT2D eigenvalue weighted by atomic mass is 32.2. The van der Waals surface area contributed by atoms with Crippen LogP contribution in [-0.2, 0) is 9.84 Å². The fourth-order valence-electron chi connectivity index (χ4n) is 6.77. The third-order valence-electron chi connectivity index (χ3n) is 9.50. The lowest BCUT2D eigenvalue weighted by Crippen LogP contribution is -2.35. The molecule has 2 aromatic rings. The summed E-state index contributed by atoms with van der Waals surface area (Å²) in [4.78, 5) is -0.0490. The van der Waals surface area contributed by atoms with Gasteiger partial charge in [-0.25, -0.2) is 8.42 Å². The maximum absolute atomic E-state index is 14.1. The van der Waals surface area contributed by atoms with E-state index in [9.17, 15) is 40.0 Å². The molecule has 4 nitrogen and oxygen atoms in total. The summed E-state index contributed by atoms with van der Waals surface area (Å²) < 4.78 is 111. The monoisotopic (exact) mass is 668 g/mol. The Bertz CT molecular complexity index is 1670. The van der Waals surface area contributed by atoms with E-state index in [1.54, 1.807) is 19.1 Å². The zero-order valence-electron chi connectivity index (χ0n) is 26.5. The van der Waals surface area contributed by atoms with Gasteiger partial charge in [0, 0.05) is 16.6 Å². The first kappa shape index (κ1) is 35.8. The van der Waals surface area contributed by atoms with Gasteiger partial charge in [0.15, 0.2) is 9.84 Å². The van der Waals surface area contributed by atoms with E-state index in [1.807, 2.05) is 17.6 Å². The molecule has 1 aromatic heterocycles. The molecule has 0 radical (unpaired) electrons. The molecule has 1 saturated carbocycles. The van der Waals surface area contributed by atoms with E-state index >= 15 is 0 Å². The Morgan fingerprint density at radius 2 is 1.67 bits per heavy atom. The van der Waals surface area contributed by atoms with Crippen LogP contribution in [0.4, 0.5) is 26.3 Å². The Morgan fingerprint density at radius 3 is 2.24 bits per heavy atom. The van der Waals surface area contributed by atoms with Crippen molar-refractivity contribution in [1.82, 2.24) is 4.57 Å². The highest BCUT2D eigenvalue weighted by molar-refractivity contribution is 7.91. The van der Waals surface area contributed by atoms with Crippen LogP contribution >= 0.6 is 0 Å². The van der Waals surface area contributed by atoms with Crippen molar-refractivity contribution < 1.29 is 34.8 Å². The molecule has 46 heavy (non-hydrogen) atoms. The lowest BCUT2D eigenvalue weighted by molar-refractivity contribution is -0.184. The highest BCUT2D eigenvalue weighted by Gasteiger charge is 2.41. The molecule has 3 unspecified atom stereocenters. The van der Waals surface area contributed by atoms with Gasteiger partial charge < -0.3 is 4.57 Å². The lowest BCUT2D eigenvalue weighted by atomic mass is 9.86. The normalized spacial score (nSPS) is 19.5. The average Bonchev–Trinajstić information content (AvgIpc) is 3.30. The molecule has 1 fully saturated rings. The minimum atomic E-state index is -4.61. The van der Waals surface area contributed by atoms with Crippen LogP contribution in [0.1, 0.15) is 96.6 Å². The second-order valence-electron chi connectivity index (χ2n) is 12.8. The average molecular weight is 669 g/mol. The van der Waals surface area contributed by atoms with E-state index in [4.69, 9.17) is 0 Å². The topological polar surface area (TPSA) is 62.9 Å². The quantitative estimate of drug-likeness (QED) is 0.238. The Morgan fingerprint density at radius 1 is 1.02 bits per heavy atom. The molecule has 0 spiro atoms. The molecule has 3 atom stereocenters. The molecule has 11 heteroatoms. The Labute approximate surface area is 267 Å². The van der Waals surface area contributed by atoms with Gasteiger partial charge >= 0.3 is 12.4 Å². The third-order valence-corrected chi connectivity index (χ3v) is 11.3. The summed E-state index contributed by atoms with van der Waals surface area (Å²) in [7, 11) is -3.93. The number of benzene rings is 1. The number of sulfone groups is 1. The van der Waals surface area contributed by atoms with Gasteiger partial charge in [-0.15, -0.1) is 0 Å². The van der Waals surface area contributed by atoms with Crippen molar-refractivity contribution in [3.8, 4) is 17.3 Å². The van der Waals surface area contributed by atoms with Gasteiger partial charge in [-0.3, -0.25) is 0 Å². The van der Waals surface area contributed by atoms with Crippen LogP contribution in [-0.4, -0.2) is 31.1 Å². The predicted octanol–water partition coefficient (Wildman–Crippen LogP) is 8.79. The number of alkyl halides is 6. The molecular weight excluding hydrogens is 626 g/mol. The zero-order valence-corrected chi connectivity index (χ0v) is 27.3. The molecule has 2 aliphatic rings. The van der Waals surface area contributed by atoms with Crippen LogP contribution in [0.25, 0.3) is 23.4 Å². The molecule has 0 N–H and O–H groups in total. The maximum atomic E-state index is 14.1. The number of nitriles is 1. The van der Waals surface area contributed by atoms with Crippen molar-refractivity contribution in [2.24, 2.45) is 17.8 Å². The van der Waals surface area contributed by atoms with Gasteiger partial charge in [0.25, 0.3) is 0 Å². The van der Waals surface area contributed by atoms with Gasteiger partial charge in [-0.2, -0.15) is 31.6 Å². The van der Waals surface area contributed by atoms with E-state index in [1.165, 1.54) is 18.2 Å². The molecule has 0 bridgehead atoms. The summed E-state index contributed by atoms with van der Waals surface area (Å²) >= 11 is 0. The van der Waals surface area contributed by atoms with E-state index in [-0.39, 0.29) is 40.5 Å². The lowest BCUT2D eigenvalue weighted by Gasteiger charge is -2.27. The van der Waals surface area contributed by atoms with Crippen LogP contribution in [0.5, 0.6) is 0 Å². The van der Waals surface area contributed by atoms with Crippen molar-refractivity contribution in [3.05, 3.63) is 52.0 Å². The van der Waals surface area contributed by atoms with Crippen LogP contribution in [0, 0.1) is 29.1 Å². The van der Waals surface area contributed by atoms with Gasteiger partial charge in [0.1, 0.15) is 6.07 Å². The standard InChI is InChI=1S/C35H42F6N2O2S/c1-4-5-9-25(24(3)34(36,37)38)18-19-46(44,45)29-15-13-26(14-16-29)33-31(22-42)30-21-27(35(39,40)41)20-23(2)12-17-32(30)43(33)28-10-7-6-8-11-28/h13-17,20-21,23-25,28H,4-12,18-19H2,1-3H3. The summed E-state index contributed by atoms with van der Waals surface area (Å²) in [5.74, 6) is -3.27. The molecule has 252 valence electrons. The summed E-state index contributed by atoms with van der Waals surface area (Å²) in [6, 6.07) is 7.97. The van der Waals surface area contributed by atoms with E-state index in [0.29, 0.717) is 35.9 Å². The fraction of sp³-hybridized carbons (Fsp3) is 0.571. The first-order valence-corrected chi connectivity index (χ1v) is 17.8. The fourth-order valence-corrected chi connectivity index (χ4v) is 8.17. The zero-order chi connectivity index (χ0) is 33.9. The van der Waals surface area contributed by atoms with Crippen molar-refractivity contribution in [3.63, 3.8) is 0 Å². The number of unbranched alkanes of at least 4 members (excludes halogenated alkanes) is 1. The van der Waals surface area contributed by atoms with Crippen LogP contribution < -0.4 is 10.6 Å². The highest BCUT2D eigenvalue weighted by Crippen LogP contribution is 2.37. The predicted molar refractivity (Wildman–Crippen MR) is 168 cm³/mol. The second-order valence-corrected chi connectivity index (χ2v) is 15.0. The SMILES string of the molecule is CCCCC(CCS(=O)(=O)c1ccc(-c2c(C#N)c3c(n2C2CCCCC2)=CCC(C)C=C(C(F)(F)F)C=3)cc1)C(C)C(F)(F)F. The Kier molecular flexibility index (Phi) is 11.2. The number of rotatable bonds is 10. The smallest absolute Gasteiger partial charge is 0.337 e. The molecule has 0 amide bonds. The maximum Gasteiger partial charge on any atom is 0.416 e. The third kappa shape index (κ3) is 8.10. The second kappa shape index (κ2) is 14.4. The van der Waals surface area contributed by atoms with E-state index in [0.717, 1.165) is 45.1 Å². The summed E-state index contributed by atoms with van der Waals surface area (Å²) in [6.45, 7) is 4.69. The molecule has 2 aliphatic carbocycles. The number of halogens is 6. The van der Waals surface area contributed by atoms with Crippen molar-refractivity contribution >= 4 is 22.0 Å². The van der Waals surface area contributed by atoms with Crippen molar-refractivity contribution in [2.45, 2.75) is 108 Å². The largest absolute Gasteiger partial charge is 0.416 e. The molecular formula is C35H42F6N2O2S. The molecule has 1 aromatic carbocycles. The van der Waals surface area contributed by atoms with Crippen molar-refractivity contribution in [2.75, 3.05) is 5.75 Å². The molecule has 0 aliphatic heterocycles. The van der Waals surface area contributed by atoms with Crippen LogP contribution in [0.15, 0.2) is 40.8 Å². The molecule has 0 saturated heterocycles. The van der Waals surface area contributed by atoms with Crippen LogP contribution in [0.2, 0.25) is 0 Å². The van der Waals surface area contributed by atoms with Gasteiger partial charge in [-0.1, -0.05) is 77.2 Å². The Balaban J connectivity index is 1.78. The number of hydrogen-bond acceptors (Lipinski definition) is 3. The minimum absolute atomic E-state index is 0.0450. The first-order chi connectivity index (χ1) is 21.6. The van der Waals surface area contributed by atoms with Gasteiger partial charge in [0.2, 0.25) is 0 Å². The summed E-state index contributed by atoms with van der Waals surface area (Å²) in [5, 5.41) is 11.1. The van der Waals surface area contributed by atoms with E-state index in [2.05, 4.69) is 6.07 Å². The van der Waals surface area contributed by atoms with Crippen molar-refractivity contribution in [1.29, 1.82) is 5.26 Å². The van der Waals surface area contributed by atoms with E-state index < -0.39 is 45.4 Å². The van der Waals surface area contributed by atoms with Crippen LogP contribution in [0.3, 0.4) is 0 Å². The number of fused-ring (bicyclic) bond motifs is 1. The first-order valence-electron chi connectivity index (χ1n) is 16.1. The summed E-state index contributed by atoms with van der Waals surface area (Å²) in [5.41, 5.74) is 0.228. The summed E-state index contributed by atoms with van der Waals surface area (Å²) in [6.07, 6.45) is 1.41. The molecule has 4 rings (SSSR count).